The first-order chi connectivity index (χ1) is 22.1. The van der Waals surface area contributed by atoms with E-state index in [0.717, 1.165) is 32.0 Å². The van der Waals surface area contributed by atoms with Gasteiger partial charge in [0, 0.05) is 50.0 Å². The molecule has 3 aliphatic heterocycles. The van der Waals surface area contributed by atoms with Gasteiger partial charge in [-0.15, -0.1) is 0 Å². The number of aromatic nitrogens is 1. The average molecular weight is 655 g/mol. The number of piperidine rings is 1. The van der Waals surface area contributed by atoms with E-state index < -0.39 is 44.8 Å². The van der Waals surface area contributed by atoms with Gasteiger partial charge in [0.05, 0.1) is 22.8 Å². The number of piperazine rings is 1. The second-order valence-corrected chi connectivity index (χ2v) is 13.5. The van der Waals surface area contributed by atoms with Gasteiger partial charge in [-0.3, -0.25) is 9.69 Å². The number of carbonyl (C=O) groups excluding carboxylic acids is 2. The van der Waals surface area contributed by atoms with Gasteiger partial charge >= 0.3 is 6.03 Å². The number of halogens is 2. The molecular formula is C32H36F2N6O5S. The van der Waals surface area contributed by atoms with Gasteiger partial charge in [0.1, 0.15) is 0 Å². The Hall–Kier alpha value is -4.14. The Morgan fingerprint density at radius 2 is 1.65 bits per heavy atom. The maximum atomic E-state index is 15.1. The van der Waals surface area contributed by atoms with Gasteiger partial charge in [-0.2, -0.15) is 4.31 Å². The van der Waals surface area contributed by atoms with Crippen molar-refractivity contribution in [1.82, 2.24) is 25.0 Å². The van der Waals surface area contributed by atoms with E-state index in [4.69, 9.17) is 4.74 Å². The maximum Gasteiger partial charge on any atom is 0.318 e. The molecule has 46 heavy (non-hydrogen) atoms. The quantitative estimate of drug-likeness (QED) is 0.414. The number of hydrogen-bond donors (Lipinski definition) is 1. The van der Waals surface area contributed by atoms with Crippen LogP contribution in [0.1, 0.15) is 30.9 Å². The average Bonchev–Trinajstić information content (AvgIpc) is 3.29. The van der Waals surface area contributed by atoms with E-state index in [2.05, 4.69) is 27.1 Å². The second kappa shape index (κ2) is 12.6. The third-order valence-electron chi connectivity index (χ3n) is 9.00. The number of amides is 3. The molecule has 0 aliphatic carbocycles. The van der Waals surface area contributed by atoms with Gasteiger partial charge in [-0.05, 0) is 70.2 Å². The monoisotopic (exact) mass is 654 g/mol. The van der Waals surface area contributed by atoms with Gasteiger partial charge < -0.3 is 19.9 Å². The van der Waals surface area contributed by atoms with E-state index >= 15 is 4.39 Å². The van der Waals surface area contributed by atoms with Crippen LogP contribution in [0.15, 0.2) is 65.7 Å². The van der Waals surface area contributed by atoms with E-state index in [0.29, 0.717) is 42.6 Å². The highest BCUT2D eigenvalue weighted by Crippen LogP contribution is 2.49. The molecule has 2 fully saturated rings. The Labute approximate surface area is 266 Å². The van der Waals surface area contributed by atoms with E-state index in [1.54, 1.807) is 17.9 Å². The van der Waals surface area contributed by atoms with Crippen molar-refractivity contribution in [3.05, 3.63) is 83.6 Å². The molecule has 3 amide bonds. The molecule has 0 saturated carbocycles. The van der Waals surface area contributed by atoms with Crippen LogP contribution in [-0.4, -0.2) is 99.0 Å². The first-order valence-corrected chi connectivity index (χ1v) is 16.7. The lowest BCUT2D eigenvalue weighted by Crippen LogP contribution is -2.61. The highest BCUT2D eigenvalue weighted by molar-refractivity contribution is 7.93. The van der Waals surface area contributed by atoms with E-state index in [9.17, 15) is 22.4 Å². The standard InChI is InChI=1S/C32H36F2N6O5S/c1-3-45-29-24(10-7-13-35-29)32(36-31(42)39-18-16-38(17-19-39)22-11-14-37(2)15-12-22)25-20-26(33)27(34)21-28(25)40(30(32)41)46(43,44)23-8-5-4-6-9-23/h4-10,13,20-22H,3,11-12,14-19H2,1-2H3,(H,36,42). The van der Waals surface area contributed by atoms with Crippen molar-refractivity contribution in [1.29, 1.82) is 0 Å². The van der Waals surface area contributed by atoms with Crippen LogP contribution in [0.5, 0.6) is 5.88 Å². The summed E-state index contributed by atoms with van der Waals surface area (Å²) >= 11 is 0. The molecule has 14 heteroatoms. The van der Waals surface area contributed by atoms with Crippen LogP contribution in [0.25, 0.3) is 0 Å². The summed E-state index contributed by atoms with van der Waals surface area (Å²) in [5.41, 5.74) is -3.03. The summed E-state index contributed by atoms with van der Waals surface area (Å²) in [5.74, 6) is -3.90. The molecule has 6 rings (SSSR count). The predicted octanol–water partition coefficient (Wildman–Crippen LogP) is 3.16. The highest BCUT2D eigenvalue weighted by atomic mass is 32.2. The molecule has 1 unspecified atom stereocenters. The highest BCUT2D eigenvalue weighted by Gasteiger charge is 2.59. The van der Waals surface area contributed by atoms with Crippen molar-refractivity contribution >= 4 is 27.6 Å². The molecule has 3 aliphatic rings. The Kier molecular flexibility index (Phi) is 8.70. The number of nitrogens with zero attached hydrogens (tertiary/aromatic N) is 5. The minimum absolute atomic E-state index is 0.0156. The van der Waals surface area contributed by atoms with Crippen LogP contribution in [0.2, 0.25) is 0 Å². The Morgan fingerprint density at radius 1 is 0.978 bits per heavy atom. The number of rotatable bonds is 7. The van der Waals surface area contributed by atoms with Crippen molar-refractivity contribution in [2.45, 2.75) is 36.2 Å². The molecule has 1 aromatic heterocycles. The number of fused-ring (bicyclic) bond motifs is 1. The van der Waals surface area contributed by atoms with E-state index in [1.165, 1.54) is 42.6 Å². The molecule has 4 heterocycles. The van der Waals surface area contributed by atoms with Crippen LogP contribution in [0.4, 0.5) is 19.3 Å². The minimum Gasteiger partial charge on any atom is -0.478 e. The predicted molar refractivity (Wildman–Crippen MR) is 166 cm³/mol. The third kappa shape index (κ3) is 5.47. The van der Waals surface area contributed by atoms with Gasteiger partial charge in [-0.1, -0.05) is 18.2 Å². The zero-order chi connectivity index (χ0) is 32.6. The first-order valence-electron chi connectivity index (χ1n) is 15.3. The molecule has 2 aromatic carbocycles. The minimum atomic E-state index is -4.66. The molecular weight excluding hydrogens is 618 g/mol. The summed E-state index contributed by atoms with van der Waals surface area (Å²) in [6.07, 6.45) is 3.48. The summed E-state index contributed by atoms with van der Waals surface area (Å²) in [5, 5.41) is 2.78. The van der Waals surface area contributed by atoms with Crippen LogP contribution < -0.4 is 14.4 Å². The summed E-state index contributed by atoms with van der Waals surface area (Å²) in [6.45, 7) is 5.76. The normalized spacial score (nSPS) is 21.3. The van der Waals surface area contributed by atoms with Crippen LogP contribution >= 0.6 is 0 Å². The fourth-order valence-corrected chi connectivity index (χ4v) is 8.06. The number of ether oxygens (including phenoxy) is 1. The van der Waals surface area contributed by atoms with Crippen molar-refractivity contribution in [2.75, 3.05) is 57.2 Å². The van der Waals surface area contributed by atoms with Crippen LogP contribution in [-0.2, 0) is 20.4 Å². The lowest BCUT2D eigenvalue weighted by molar-refractivity contribution is -0.121. The fourth-order valence-electron chi connectivity index (χ4n) is 6.58. The Balaban J connectivity index is 1.43. The van der Waals surface area contributed by atoms with Crippen LogP contribution in [0.3, 0.4) is 0 Å². The number of anilines is 1. The smallest absolute Gasteiger partial charge is 0.318 e. The fraction of sp³-hybridized carbons (Fsp3) is 0.406. The zero-order valence-electron chi connectivity index (χ0n) is 25.7. The van der Waals surface area contributed by atoms with Gasteiger partial charge in [-0.25, -0.2) is 27.0 Å². The summed E-state index contributed by atoms with van der Waals surface area (Å²) in [6, 6.07) is 11.3. The lowest BCUT2D eigenvalue weighted by Gasteiger charge is -2.43. The number of pyridine rings is 1. The number of nitrogens with one attached hydrogen (secondary N) is 1. The number of carbonyl (C=O) groups is 2. The van der Waals surface area contributed by atoms with E-state index in [1.807, 2.05) is 0 Å². The topological polar surface area (TPSA) is 115 Å². The molecule has 1 N–H and O–H groups in total. The zero-order valence-corrected chi connectivity index (χ0v) is 26.5. The summed E-state index contributed by atoms with van der Waals surface area (Å²) < 4.78 is 64.1. The van der Waals surface area contributed by atoms with Crippen molar-refractivity contribution in [3.63, 3.8) is 0 Å². The van der Waals surface area contributed by atoms with Gasteiger partial charge in [0.15, 0.2) is 17.2 Å². The Bertz CT molecular complexity index is 1730. The Morgan fingerprint density at radius 3 is 2.33 bits per heavy atom. The first kappa shape index (κ1) is 31.8. The van der Waals surface area contributed by atoms with Crippen molar-refractivity contribution in [3.8, 4) is 5.88 Å². The molecule has 0 radical (unpaired) electrons. The molecule has 1 atom stereocenters. The summed E-state index contributed by atoms with van der Waals surface area (Å²) in [7, 11) is -2.56. The SMILES string of the molecule is CCOc1ncccc1C1(NC(=O)N2CCN(C3CCN(C)CC3)CC2)C(=O)N(S(=O)(=O)c2ccccc2)c2cc(F)c(F)cc21. The van der Waals surface area contributed by atoms with Gasteiger partial charge in [0.25, 0.3) is 15.9 Å². The number of likely N-dealkylation sites (tertiary alicyclic amines) is 1. The summed E-state index contributed by atoms with van der Waals surface area (Å²) in [4.78, 5) is 39.1. The van der Waals surface area contributed by atoms with Crippen LogP contribution in [0, 0.1) is 11.6 Å². The molecule has 0 bridgehead atoms. The number of sulfonamides is 1. The second-order valence-electron chi connectivity index (χ2n) is 11.7. The third-order valence-corrected chi connectivity index (χ3v) is 10.7. The molecule has 244 valence electrons. The molecule has 0 spiro atoms. The number of benzene rings is 2. The molecule has 3 aromatic rings. The molecule has 11 nitrogen and oxygen atoms in total. The maximum absolute atomic E-state index is 15.1. The molecule has 2 saturated heterocycles. The number of urea groups is 1. The number of hydrogen-bond acceptors (Lipinski definition) is 8. The van der Waals surface area contributed by atoms with Crippen molar-refractivity contribution < 1.29 is 31.5 Å². The van der Waals surface area contributed by atoms with Gasteiger partial charge in [0.2, 0.25) is 5.88 Å². The largest absolute Gasteiger partial charge is 0.478 e. The lowest BCUT2D eigenvalue weighted by atomic mass is 9.84. The van der Waals surface area contributed by atoms with E-state index in [-0.39, 0.29) is 28.5 Å². The van der Waals surface area contributed by atoms with Crippen molar-refractivity contribution in [2.24, 2.45) is 0 Å².